The van der Waals surface area contributed by atoms with E-state index in [4.69, 9.17) is 0 Å². The average Bonchev–Trinajstić information content (AvgIpc) is 3.04. The normalized spacial score (nSPS) is 18.2. The van der Waals surface area contributed by atoms with Crippen LogP contribution < -0.4 is 4.90 Å². The first-order chi connectivity index (χ1) is 14.2. The fourth-order valence-corrected chi connectivity index (χ4v) is 4.59. The summed E-state index contributed by atoms with van der Waals surface area (Å²) >= 11 is 0. The van der Waals surface area contributed by atoms with Gasteiger partial charge in [-0.1, -0.05) is 24.3 Å². The summed E-state index contributed by atoms with van der Waals surface area (Å²) in [6.07, 6.45) is 4.44. The number of pyridine rings is 1. The van der Waals surface area contributed by atoms with Crippen molar-refractivity contribution in [1.82, 2.24) is 19.4 Å². The fourth-order valence-electron chi connectivity index (χ4n) is 4.59. The van der Waals surface area contributed by atoms with Crippen LogP contribution in [0.4, 0.5) is 5.82 Å². The summed E-state index contributed by atoms with van der Waals surface area (Å²) in [4.78, 5) is 24.1. The van der Waals surface area contributed by atoms with E-state index in [0.29, 0.717) is 12.5 Å². The van der Waals surface area contributed by atoms with Crippen LogP contribution in [0.3, 0.4) is 0 Å². The van der Waals surface area contributed by atoms with Crippen molar-refractivity contribution in [2.24, 2.45) is 7.05 Å². The molecule has 0 spiro atoms. The zero-order valence-electron chi connectivity index (χ0n) is 16.9. The molecule has 0 aliphatic carbocycles. The number of aryl methyl sites for hydroxylation is 1. The standard InChI is InChI=1S/C23H27N5O/c1-25-15-18(20-6-2-3-7-21(20)25)14-23(29)28-16-19(17-28)26-10-12-27(13-11-26)22-8-4-5-9-24-22/h2-9,15,19H,10-14,16-17H2,1H3. The molecule has 1 amide bonds. The second-order valence-electron chi connectivity index (χ2n) is 8.12. The molecule has 2 aromatic heterocycles. The van der Waals surface area contributed by atoms with E-state index in [0.717, 1.165) is 50.6 Å². The fraction of sp³-hybridized carbons (Fsp3) is 0.391. The first kappa shape index (κ1) is 18.2. The van der Waals surface area contributed by atoms with Crippen LogP contribution in [0.2, 0.25) is 0 Å². The Kier molecular flexibility index (Phi) is 4.72. The van der Waals surface area contributed by atoms with Crippen molar-refractivity contribution in [3.05, 3.63) is 60.4 Å². The Morgan fingerprint density at radius 3 is 2.55 bits per heavy atom. The third-order valence-corrected chi connectivity index (χ3v) is 6.34. The molecule has 0 N–H and O–H groups in total. The van der Waals surface area contributed by atoms with Crippen molar-refractivity contribution >= 4 is 22.6 Å². The molecule has 4 heterocycles. The van der Waals surface area contributed by atoms with Gasteiger partial charge in [0.1, 0.15) is 5.82 Å². The van der Waals surface area contributed by atoms with Crippen LogP contribution in [0.15, 0.2) is 54.9 Å². The van der Waals surface area contributed by atoms with Gasteiger partial charge in [-0.05, 0) is 23.8 Å². The minimum atomic E-state index is 0.240. The van der Waals surface area contributed by atoms with E-state index in [2.05, 4.69) is 43.7 Å². The van der Waals surface area contributed by atoms with Crippen LogP contribution in [0, 0.1) is 0 Å². The van der Waals surface area contributed by atoms with Crippen molar-refractivity contribution < 1.29 is 4.79 Å². The Morgan fingerprint density at radius 2 is 1.79 bits per heavy atom. The summed E-state index contributed by atoms with van der Waals surface area (Å²) in [6.45, 7) is 5.77. The lowest BCUT2D eigenvalue weighted by atomic mass is 10.0. The van der Waals surface area contributed by atoms with Crippen molar-refractivity contribution in [1.29, 1.82) is 0 Å². The lowest BCUT2D eigenvalue weighted by Crippen LogP contribution is -2.64. The van der Waals surface area contributed by atoms with E-state index in [-0.39, 0.29) is 5.91 Å². The van der Waals surface area contributed by atoms with Crippen molar-refractivity contribution in [2.75, 3.05) is 44.2 Å². The molecule has 0 saturated carbocycles. The topological polar surface area (TPSA) is 44.6 Å². The van der Waals surface area contributed by atoms with Crippen LogP contribution in [0.1, 0.15) is 5.56 Å². The van der Waals surface area contributed by atoms with Gasteiger partial charge in [0.25, 0.3) is 0 Å². The number of aromatic nitrogens is 2. The van der Waals surface area contributed by atoms with Gasteiger partial charge in [0.2, 0.25) is 5.91 Å². The highest BCUT2D eigenvalue weighted by molar-refractivity contribution is 5.89. The molecule has 2 fully saturated rings. The largest absolute Gasteiger partial charge is 0.354 e. The van der Waals surface area contributed by atoms with Gasteiger partial charge in [-0.2, -0.15) is 0 Å². The van der Waals surface area contributed by atoms with Gasteiger partial charge in [0.15, 0.2) is 0 Å². The number of piperazine rings is 1. The van der Waals surface area contributed by atoms with Gasteiger partial charge >= 0.3 is 0 Å². The maximum Gasteiger partial charge on any atom is 0.227 e. The summed E-state index contributed by atoms with van der Waals surface area (Å²) in [6, 6.07) is 14.9. The summed E-state index contributed by atoms with van der Waals surface area (Å²) in [5.74, 6) is 1.30. The number of hydrogen-bond donors (Lipinski definition) is 0. The van der Waals surface area contributed by atoms with E-state index >= 15 is 0 Å². The van der Waals surface area contributed by atoms with Crippen molar-refractivity contribution in [3.8, 4) is 0 Å². The Balaban J connectivity index is 1.14. The molecule has 2 saturated heterocycles. The lowest BCUT2D eigenvalue weighted by Gasteiger charge is -2.48. The maximum absolute atomic E-state index is 12.8. The number of hydrogen-bond acceptors (Lipinski definition) is 4. The minimum Gasteiger partial charge on any atom is -0.354 e. The molecule has 29 heavy (non-hydrogen) atoms. The zero-order valence-corrected chi connectivity index (χ0v) is 16.9. The number of nitrogens with zero attached hydrogens (tertiary/aromatic N) is 5. The second kappa shape index (κ2) is 7.52. The van der Waals surface area contributed by atoms with Crippen LogP contribution >= 0.6 is 0 Å². The monoisotopic (exact) mass is 389 g/mol. The molecule has 1 aromatic carbocycles. The molecule has 150 valence electrons. The quantitative estimate of drug-likeness (QED) is 0.686. The van der Waals surface area contributed by atoms with E-state index in [1.54, 1.807) is 0 Å². The molecule has 0 radical (unpaired) electrons. The molecule has 3 aromatic rings. The highest BCUT2D eigenvalue weighted by Crippen LogP contribution is 2.24. The van der Waals surface area contributed by atoms with Crippen LogP contribution in [0.25, 0.3) is 10.9 Å². The van der Waals surface area contributed by atoms with Gasteiger partial charge in [0, 0.05) is 75.7 Å². The number of anilines is 1. The third kappa shape index (κ3) is 3.49. The Labute approximate surface area is 171 Å². The van der Waals surface area contributed by atoms with Crippen molar-refractivity contribution in [3.63, 3.8) is 0 Å². The number of carbonyl (C=O) groups excluding carboxylic acids is 1. The van der Waals surface area contributed by atoms with E-state index < -0.39 is 0 Å². The predicted octanol–water partition coefficient (Wildman–Crippen LogP) is 2.15. The first-order valence-corrected chi connectivity index (χ1v) is 10.4. The molecule has 5 rings (SSSR count). The molecule has 6 nitrogen and oxygen atoms in total. The summed E-state index contributed by atoms with van der Waals surface area (Å²) in [7, 11) is 2.04. The van der Waals surface area contributed by atoms with Gasteiger partial charge in [0.05, 0.1) is 6.42 Å². The second-order valence-corrected chi connectivity index (χ2v) is 8.12. The van der Waals surface area contributed by atoms with E-state index in [1.165, 1.54) is 10.9 Å². The minimum absolute atomic E-state index is 0.240. The van der Waals surface area contributed by atoms with Crippen LogP contribution in [-0.2, 0) is 18.3 Å². The average molecular weight is 390 g/mol. The number of para-hydroxylation sites is 1. The van der Waals surface area contributed by atoms with Gasteiger partial charge in [-0.15, -0.1) is 0 Å². The molecular formula is C23H27N5O. The highest BCUT2D eigenvalue weighted by atomic mass is 16.2. The molecule has 0 bridgehead atoms. The SMILES string of the molecule is Cn1cc(CC(=O)N2CC(N3CCN(c4ccccn4)CC3)C2)c2ccccc21. The number of rotatable bonds is 4. The number of amides is 1. The number of likely N-dealkylation sites (tertiary alicyclic amines) is 1. The number of carbonyl (C=O) groups is 1. The third-order valence-electron chi connectivity index (χ3n) is 6.34. The Bertz CT molecular complexity index is 1000. The van der Waals surface area contributed by atoms with E-state index in [1.807, 2.05) is 42.4 Å². The number of benzene rings is 1. The Morgan fingerprint density at radius 1 is 1.03 bits per heavy atom. The molecule has 0 unspecified atom stereocenters. The van der Waals surface area contributed by atoms with Gasteiger partial charge in [-0.25, -0.2) is 4.98 Å². The smallest absolute Gasteiger partial charge is 0.227 e. The maximum atomic E-state index is 12.8. The molecule has 0 atom stereocenters. The first-order valence-electron chi connectivity index (χ1n) is 10.4. The molecule has 2 aliphatic heterocycles. The van der Waals surface area contributed by atoms with Crippen molar-refractivity contribution in [2.45, 2.75) is 12.5 Å². The molecular weight excluding hydrogens is 362 g/mol. The zero-order chi connectivity index (χ0) is 19.8. The van der Waals surface area contributed by atoms with Crippen LogP contribution in [0.5, 0.6) is 0 Å². The summed E-state index contributed by atoms with van der Waals surface area (Å²) in [5, 5.41) is 1.19. The predicted molar refractivity (Wildman–Crippen MR) is 115 cm³/mol. The van der Waals surface area contributed by atoms with Gasteiger partial charge < -0.3 is 14.4 Å². The van der Waals surface area contributed by atoms with Gasteiger partial charge in [-0.3, -0.25) is 9.69 Å². The molecule has 6 heteroatoms. The van der Waals surface area contributed by atoms with Crippen LogP contribution in [-0.4, -0.2) is 70.6 Å². The number of fused-ring (bicyclic) bond motifs is 1. The summed E-state index contributed by atoms with van der Waals surface area (Å²) in [5.41, 5.74) is 2.31. The lowest BCUT2D eigenvalue weighted by molar-refractivity contribution is -0.138. The molecule has 2 aliphatic rings. The Hall–Kier alpha value is -2.86. The summed E-state index contributed by atoms with van der Waals surface area (Å²) < 4.78 is 2.11. The highest BCUT2D eigenvalue weighted by Gasteiger charge is 2.36. The van der Waals surface area contributed by atoms with E-state index in [9.17, 15) is 4.79 Å².